The van der Waals surface area contributed by atoms with E-state index in [4.69, 9.17) is 15.5 Å². The SMILES string of the molecule is CC(C)=CCn1c(N2CCCC(N)C2)nc2c1c(=O)n(CC(=O)c1cccc(Oc3ccccc3)c1)c(=O)n2C. The molecule has 1 aliphatic heterocycles. The van der Waals surface area contributed by atoms with Gasteiger partial charge in [-0.05, 0) is 51.0 Å². The fourth-order valence-electron chi connectivity index (χ4n) is 4.97. The van der Waals surface area contributed by atoms with Crippen molar-refractivity contribution in [1.29, 1.82) is 0 Å². The standard InChI is InChI=1S/C30H34N6O4/c1-20(2)14-16-35-26-27(32-29(35)34-15-8-10-22(31)18-34)33(3)30(39)36(28(26)38)19-25(37)21-9-7-13-24(17-21)40-23-11-5-4-6-12-23/h4-7,9,11-14,17,22H,8,10,15-16,18-19,31H2,1-3H3. The number of benzene rings is 2. The maximum Gasteiger partial charge on any atom is 0.332 e. The first kappa shape index (κ1) is 27.1. The number of ketones is 1. The molecule has 10 nitrogen and oxygen atoms in total. The molecule has 10 heteroatoms. The first-order valence-corrected chi connectivity index (χ1v) is 13.4. The molecule has 1 unspecified atom stereocenters. The summed E-state index contributed by atoms with van der Waals surface area (Å²) in [5.74, 6) is 1.34. The van der Waals surface area contributed by atoms with Gasteiger partial charge in [0.1, 0.15) is 11.5 Å². The van der Waals surface area contributed by atoms with Crippen LogP contribution in [0.15, 0.2) is 75.8 Å². The Morgan fingerprint density at radius 2 is 1.82 bits per heavy atom. The van der Waals surface area contributed by atoms with Crippen LogP contribution in [0.4, 0.5) is 5.95 Å². The van der Waals surface area contributed by atoms with Crippen molar-refractivity contribution in [3.63, 3.8) is 0 Å². The molecule has 3 heterocycles. The Kier molecular flexibility index (Phi) is 7.70. The number of para-hydroxylation sites is 1. The van der Waals surface area contributed by atoms with Crippen LogP contribution >= 0.6 is 0 Å². The molecule has 1 fully saturated rings. The largest absolute Gasteiger partial charge is 0.457 e. The number of imidazole rings is 1. The van der Waals surface area contributed by atoms with Gasteiger partial charge in [-0.1, -0.05) is 42.0 Å². The number of hydrogen-bond acceptors (Lipinski definition) is 7. The zero-order valence-corrected chi connectivity index (χ0v) is 23.0. The van der Waals surface area contributed by atoms with Gasteiger partial charge in [-0.15, -0.1) is 0 Å². The molecule has 1 atom stereocenters. The fourth-order valence-corrected chi connectivity index (χ4v) is 4.97. The van der Waals surface area contributed by atoms with Crippen LogP contribution in [0.5, 0.6) is 11.5 Å². The minimum atomic E-state index is -0.601. The maximum atomic E-state index is 13.9. The summed E-state index contributed by atoms with van der Waals surface area (Å²) in [4.78, 5) is 47.4. The highest BCUT2D eigenvalue weighted by Gasteiger charge is 2.26. The number of piperidine rings is 1. The summed E-state index contributed by atoms with van der Waals surface area (Å²) in [6.45, 7) is 5.33. The number of aryl methyl sites for hydroxylation is 1. The zero-order valence-electron chi connectivity index (χ0n) is 23.0. The average Bonchev–Trinajstić information content (AvgIpc) is 3.33. The second kappa shape index (κ2) is 11.4. The van der Waals surface area contributed by atoms with Gasteiger partial charge in [0.05, 0.1) is 6.54 Å². The van der Waals surface area contributed by atoms with Gasteiger partial charge in [-0.3, -0.25) is 18.7 Å². The third kappa shape index (κ3) is 5.48. The molecule has 0 spiro atoms. The molecule has 1 saturated heterocycles. The molecule has 0 bridgehead atoms. The van der Waals surface area contributed by atoms with Crippen molar-refractivity contribution in [2.24, 2.45) is 12.8 Å². The predicted molar refractivity (Wildman–Crippen MR) is 155 cm³/mol. The summed E-state index contributed by atoms with van der Waals surface area (Å²) in [6, 6.07) is 15.9. The Balaban J connectivity index is 1.54. The molecule has 0 aliphatic carbocycles. The maximum absolute atomic E-state index is 13.9. The van der Waals surface area contributed by atoms with Gasteiger partial charge in [0.2, 0.25) is 5.95 Å². The topological polar surface area (TPSA) is 117 Å². The fraction of sp³-hybridized carbons (Fsp3) is 0.333. The number of fused-ring (bicyclic) bond motifs is 1. The van der Waals surface area contributed by atoms with Gasteiger partial charge >= 0.3 is 5.69 Å². The Labute approximate surface area is 231 Å². The quantitative estimate of drug-likeness (QED) is 0.268. The molecule has 208 valence electrons. The minimum Gasteiger partial charge on any atom is -0.457 e. The number of allylic oxidation sites excluding steroid dienone is 2. The van der Waals surface area contributed by atoms with Crippen molar-refractivity contribution in [1.82, 2.24) is 18.7 Å². The lowest BCUT2D eigenvalue weighted by Crippen LogP contribution is -2.44. The lowest BCUT2D eigenvalue weighted by molar-refractivity contribution is 0.0968. The van der Waals surface area contributed by atoms with E-state index >= 15 is 0 Å². The molecule has 0 radical (unpaired) electrons. The van der Waals surface area contributed by atoms with Gasteiger partial charge < -0.3 is 19.9 Å². The van der Waals surface area contributed by atoms with Crippen LogP contribution in [0.25, 0.3) is 11.2 Å². The van der Waals surface area contributed by atoms with Crippen molar-refractivity contribution in [3.8, 4) is 11.5 Å². The zero-order chi connectivity index (χ0) is 28.4. The molecule has 2 aromatic heterocycles. The predicted octanol–water partition coefficient (Wildman–Crippen LogP) is 3.47. The van der Waals surface area contributed by atoms with E-state index in [1.807, 2.05) is 54.8 Å². The van der Waals surface area contributed by atoms with Crippen LogP contribution in [0.2, 0.25) is 0 Å². The number of ether oxygens (including phenoxy) is 1. The first-order valence-electron chi connectivity index (χ1n) is 13.4. The number of anilines is 1. The van der Waals surface area contributed by atoms with Crippen molar-refractivity contribution in [2.75, 3.05) is 18.0 Å². The lowest BCUT2D eigenvalue weighted by Gasteiger charge is -2.31. The molecule has 0 amide bonds. The molecule has 0 saturated carbocycles. The van der Waals surface area contributed by atoms with Gasteiger partial charge in [0.25, 0.3) is 5.56 Å². The molecule has 2 aromatic carbocycles. The van der Waals surface area contributed by atoms with E-state index in [-0.39, 0.29) is 23.0 Å². The number of hydrogen-bond donors (Lipinski definition) is 1. The summed E-state index contributed by atoms with van der Waals surface area (Å²) in [5.41, 5.74) is 7.08. The normalized spacial score (nSPS) is 15.3. The molecule has 4 aromatic rings. The summed E-state index contributed by atoms with van der Waals surface area (Å²) < 4.78 is 10.0. The molecule has 1 aliphatic rings. The van der Waals surface area contributed by atoms with Crippen molar-refractivity contribution < 1.29 is 9.53 Å². The molecular formula is C30H34N6O4. The average molecular weight is 543 g/mol. The van der Waals surface area contributed by atoms with Crippen LogP contribution in [0, 0.1) is 0 Å². The lowest BCUT2D eigenvalue weighted by atomic mass is 10.1. The van der Waals surface area contributed by atoms with Crippen molar-refractivity contribution >= 4 is 22.9 Å². The summed E-state index contributed by atoms with van der Waals surface area (Å²) in [5, 5.41) is 0. The number of rotatable bonds is 8. The molecular weight excluding hydrogens is 508 g/mol. The number of carbonyl (C=O) groups is 1. The van der Waals surface area contributed by atoms with Gasteiger partial charge in [0.15, 0.2) is 16.9 Å². The second-order valence-electron chi connectivity index (χ2n) is 10.4. The number of carbonyl (C=O) groups excluding carboxylic acids is 1. The van der Waals surface area contributed by atoms with E-state index in [0.29, 0.717) is 36.1 Å². The van der Waals surface area contributed by atoms with E-state index in [2.05, 4.69) is 4.90 Å². The first-order chi connectivity index (χ1) is 19.2. The van der Waals surface area contributed by atoms with Crippen LogP contribution in [0.3, 0.4) is 0 Å². The summed E-state index contributed by atoms with van der Waals surface area (Å²) >= 11 is 0. The number of nitrogens with zero attached hydrogens (tertiary/aromatic N) is 5. The summed E-state index contributed by atoms with van der Waals surface area (Å²) in [7, 11) is 1.57. The van der Waals surface area contributed by atoms with Crippen LogP contribution in [-0.2, 0) is 20.1 Å². The molecule has 5 rings (SSSR count). The van der Waals surface area contributed by atoms with Gasteiger partial charge in [-0.2, -0.15) is 4.98 Å². The van der Waals surface area contributed by atoms with Crippen LogP contribution in [0.1, 0.15) is 37.0 Å². The smallest absolute Gasteiger partial charge is 0.332 e. The minimum absolute atomic E-state index is 0.00481. The molecule has 40 heavy (non-hydrogen) atoms. The monoisotopic (exact) mass is 542 g/mol. The van der Waals surface area contributed by atoms with E-state index in [0.717, 1.165) is 29.5 Å². The summed E-state index contributed by atoms with van der Waals surface area (Å²) in [6.07, 6.45) is 3.85. The Morgan fingerprint density at radius 1 is 1.07 bits per heavy atom. The van der Waals surface area contributed by atoms with E-state index < -0.39 is 17.8 Å². The third-order valence-corrected chi connectivity index (χ3v) is 7.07. The third-order valence-electron chi connectivity index (χ3n) is 7.07. The number of Topliss-reactive ketones (excluding diaryl/α,β-unsaturated/α-hetero) is 1. The Morgan fingerprint density at radius 3 is 2.55 bits per heavy atom. The van der Waals surface area contributed by atoms with E-state index in [1.54, 1.807) is 31.3 Å². The van der Waals surface area contributed by atoms with E-state index in [9.17, 15) is 14.4 Å². The molecule has 2 N–H and O–H groups in total. The van der Waals surface area contributed by atoms with Crippen LogP contribution < -0.4 is 26.6 Å². The Hall–Kier alpha value is -4.44. The van der Waals surface area contributed by atoms with Crippen molar-refractivity contribution in [3.05, 3.63) is 92.6 Å². The highest BCUT2D eigenvalue weighted by molar-refractivity contribution is 5.96. The Bertz CT molecular complexity index is 1700. The number of aromatic nitrogens is 4. The van der Waals surface area contributed by atoms with Crippen LogP contribution in [-0.4, -0.2) is 43.6 Å². The van der Waals surface area contributed by atoms with Gasteiger partial charge in [0, 0.05) is 38.3 Å². The second-order valence-corrected chi connectivity index (χ2v) is 10.4. The highest BCUT2D eigenvalue weighted by Crippen LogP contribution is 2.24. The van der Waals surface area contributed by atoms with E-state index in [1.165, 1.54) is 4.57 Å². The number of nitrogens with two attached hydrogens (primary N) is 1. The van der Waals surface area contributed by atoms with Crippen molar-refractivity contribution in [2.45, 2.75) is 45.8 Å². The highest BCUT2D eigenvalue weighted by atomic mass is 16.5. The van der Waals surface area contributed by atoms with Gasteiger partial charge in [-0.25, -0.2) is 4.79 Å².